The molecule has 58 heavy (non-hydrogen) atoms. The number of hydrogen-bond acceptors (Lipinski definition) is 2. The van der Waals surface area contributed by atoms with Crippen LogP contribution in [0.15, 0.2) is 147 Å². The van der Waals surface area contributed by atoms with Crippen molar-refractivity contribution < 1.29 is 0 Å². The molecule has 0 saturated heterocycles. The molecule has 0 saturated carbocycles. The number of nitrogens with one attached hydrogen (secondary N) is 2. The molecule has 0 atom stereocenters. The second-order valence-corrected chi connectivity index (χ2v) is 15.5. The number of H-pyrrole nitrogens is 2. The third-order valence-corrected chi connectivity index (χ3v) is 11.3. The Morgan fingerprint density at radius 3 is 0.966 bits per heavy atom. The van der Waals surface area contributed by atoms with E-state index in [4.69, 9.17) is 9.97 Å². The van der Waals surface area contributed by atoms with Gasteiger partial charge in [0.2, 0.25) is 0 Å². The minimum atomic E-state index is 0.335. The first kappa shape index (κ1) is 36.6. The highest BCUT2D eigenvalue weighted by Crippen LogP contribution is 2.39. The van der Waals surface area contributed by atoms with Crippen LogP contribution in [0.1, 0.15) is 63.8 Å². The highest BCUT2D eigenvalue weighted by Gasteiger charge is 2.19. The van der Waals surface area contributed by atoms with Crippen LogP contribution in [-0.4, -0.2) is 19.9 Å². The summed E-state index contributed by atoms with van der Waals surface area (Å²) >= 11 is 0. The van der Waals surface area contributed by atoms with Crippen molar-refractivity contribution in [3.63, 3.8) is 0 Å². The van der Waals surface area contributed by atoms with Crippen LogP contribution < -0.4 is 0 Å². The molecule has 9 rings (SSSR count). The summed E-state index contributed by atoms with van der Waals surface area (Å²) in [4.78, 5) is 18.7. The predicted octanol–water partition coefficient (Wildman–Crippen LogP) is 14.5. The lowest BCUT2D eigenvalue weighted by atomic mass is 9.91. The van der Waals surface area contributed by atoms with Crippen molar-refractivity contribution in [1.82, 2.24) is 19.9 Å². The number of hydrogen-bond donors (Lipinski definition) is 2. The van der Waals surface area contributed by atoms with E-state index >= 15 is 0 Å². The molecular weight excluding hydrogens is 705 g/mol. The van der Waals surface area contributed by atoms with E-state index in [1.54, 1.807) is 0 Å². The molecule has 2 N–H and O–H groups in total. The molecule has 2 aliphatic rings. The fraction of sp³-hybridized carbons (Fsp3) is 0.111. The third kappa shape index (κ3) is 6.99. The highest BCUT2D eigenvalue weighted by atomic mass is 14.8. The standard InChI is InChI=1S/C54H46N4/c1-6-8-37(9-7-2)38-22-24-42(25-23-38)54-49-32-30-47(57-49)52(40-18-12-35(4)13-19-40)45-28-26-43(55-45)51(39-16-10-34(3)11-17-39)44-27-29-46(56-44)53(48-31-33-50(54)58-48)41-20-14-36(5)15-21-41/h6-7,10-33,37,55,58H,1-2,8-9H2,3-5H3. The van der Waals surface area contributed by atoms with Crippen molar-refractivity contribution >= 4 is 46.4 Å². The Balaban J connectivity index is 1.41. The molecule has 0 unspecified atom stereocenters. The van der Waals surface area contributed by atoms with Gasteiger partial charge < -0.3 is 9.97 Å². The molecule has 8 bridgehead atoms. The van der Waals surface area contributed by atoms with Crippen LogP contribution in [0.5, 0.6) is 0 Å². The van der Waals surface area contributed by atoms with E-state index in [9.17, 15) is 0 Å². The minimum Gasteiger partial charge on any atom is -0.354 e. The van der Waals surface area contributed by atoms with Crippen molar-refractivity contribution in [3.05, 3.63) is 192 Å². The number of rotatable bonds is 9. The average molecular weight is 751 g/mol. The van der Waals surface area contributed by atoms with E-state index in [0.717, 1.165) is 102 Å². The van der Waals surface area contributed by atoms with Crippen LogP contribution >= 0.6 is 0 Å². The molecular formula is C54H46N4. The van der Waals surface area contributed by atoms with Gasteiger partial charge in [0.15, 0.2) is 0 Å². The van der Waals surface area contributed by atoms with Crippen molar-refractivity contribution in [2.24, 2.45) is 0 Å². The van der Waals surface area contributed by atoms with Gasteiger partial charge in [-0.2, -0.15) is 0 Å². The van der Waals surface area contributed by atoms with Gasteiger partial charge in [-0.15, -0.1) is 13.2 Å². The molecule has 282 valence electrons. The molecule has 3 aromatic heterocycles. The molecule has 4 aromatic carbocycles. The first-order valence-corrected chi connectivity index (χ1v) is 20.1. The molecule has 4 heteroatoms. The van der Waals surface area contributed by atoms with Crippen LogP contribution in [0, 0.1) is 20.8 Å². The van der Waals surface area contributed by atoms with E-state index in [0.29, 0.717) is 5.92 Å². The molecule has 5 heterocycles. The largest absolute Gasteiger partial charge is 0.354 e. The zero-order chi connectivity index (χ0) is 39.8. The number of allylic oxidation sites excluding steroid dienone is 2. The Morgan fingerprint density at radius 1 is 0.414 bits per heavy atom. The Labute approximate surface area is 340 Å². The summed E-state index contributed by atoms with van der Waals surface area (Å²) in [5.41, 5.74) is 21.0. The summed E-state index contributed by atoms with van der Waals surface area (Å²) in [7, 11) is 0. The predicted molar refractivity (Wildman–Crippen MR) is 247 cm³/mol. The van der Waals surface area contributed by atoms with Crippen LogP contribution in [0.4, 0.5) is 0 Å². The maximum absolute atomic E-state index is 5.48. The number of fused-ring (bicyclic) bond motifs is 8. The van der Waals surface area contributed by atoms with Crippen LogP contribution in [0.3, 0.4) is 0 Å². The third-order valence-electron chi connectivity index (χ3n) is 11.3. The van der Waals surface area contributed by atoms with Crippen molar-refractivity contribution in [2.45, 2.75) is 39.5 Å². The lowest BCUT2D eigenvalue weighted by Gasteiger charge is -2.14. The zero-order valence-electron chi connectivity index (χ0n) is 33.3. The summed E-state index contributed by atoms with van der Waals surface area (Å²) in [6.07, 6.45) is 14.4. The van der Waals surface area contributed by atoms with Crippen molar-refractivity contribution in [2.75, 3.05) is 0 Å². The molecule has 2 aliphatic heterocycles. The number of benzene rings is 4. The fourth-order valence-electron chi connectivity index (χ4n) is 8.27. The van der Waals surface area contributed by atoms with Gasteiger partial charge in [0.05, 0.1) is 22.8 Å². The van der Waals surface area contributed by atoms with E-state index in [-0.39, 0.29) is 0 Å². The average Bonchev–Trinajstić information content (AvgIpc) is 4.08. The Hall–Kier alpha value is -7.04. The van der Waals surface area contributed by atoms with Crippen LogP contribution in [0.25, 0.3) is 90.9 Å². The van der Waals surface area contributed by atoms with Crippen molar-refractivity contribution in [1.29, 1.82) is 0 Å². The monoisotopic (exact) mass is 750 g/mol. The first-order chi connectivity index (χ1) is 28.4. The van der Waals surface area contributed by atoms with E-state index in [1.807, 2.05) is 12.2 Å². The van der Waals surface area contributed by atoms with Gasteiger partial charge in [-0.1, -0.05) is 126 Å². The van der Waals surface area contributed by atoms with Gasteiger partial charge in [0, 0.05) is 44.3 Å². The maximum atomic E-state index is 5.48. The number of aromatic amines is 2. The molecule has 4 nitrogen and oxygen atoms in total. The quantitative estimate of drug-likeness (QED) is 0.144. The SMILES string of the molecule is C=CCC(CC=C)c1ccc(-c2c3nc(c(-c4ccc(C)cc4)c4ccc([nH]4)c(-c4ccc(C)cc4)c4nc(c(-c5ccc(C)cc5)c5ccc2[nH]5)C=C4)C=C3)cc1. The number of nitrogens with zero attached hydrogens (tertiary/aromatic N) is 2. The van der Waals surface area contributed by atoms with Gasteiger partial charge >= 0.3 is 0 Å². The lowest BCUT2D eigenvalue weighted by Crippen LogP contribution is -1.96. The van der Waals surface area contributed by atoms with E-state index in [1.165, 1.54) is 22.3 Å². The topological polar surface area (TPSA) is 57.4 Å². The summed E-state index contributed by atoms with van der Waals surface area (Å²) in [5.74, 6) is 0.335. The first-order valence-electron chi connectivity index (χ1n) is 20.1. The summed E-state index contributed by atoms with van der Waals surface area (Å²) in [5, 5.41) is 0. The molecule has 0 amide bonds. The minimum absolute atomic E-state index is 0.335. The van der Waals surface area contributed by atoms with E-state index in [2.05, 4.69) is 190 Å². The molecule has 0 aliphatic carbocycles. The van der Waals surface area contributed by atoms with Crippen molar-refractivity contribution in [3.8, 4) is 44.5 Å². The molecule has 7 aromatic rings. The lowest BCUT2D eigenvalue weighted by molar-refractivity contribution is 0.714. The molecule has 0 spiro atoms. The van der Waals surface area contributed by atoms with Gasteiger partial charge in [-0.3, -0.25) is 0 Å². The zero-order valence-corrected chi connectivity index (χ0v) is 33.3. The maximum Gasteiger partial charge on any atom is 0.0737 e. The van der Waals surface area contributed by atoms with Crippen LogP contribution in [0.2, 0.25) is 0 Å². The van der Waals surface area contributed by atoms with Gasteiger partial charge in [0.1, 0.15) is 0 Å². The summed E-state index contributed by atoms with van der Waals surface area (Å²) in [6.45, 7) is 14.4. The molecule has 0 fully saturated rings. The van der Waals surface area contributed by atoms with E-state index < -0.39 is 0 Å². The summed E-state index contributed by atoms with van der Waals surface area (Å²) in [6, 6.07) is 43.9. The van der Waals surface area contributed by atoms with Gasteiger partial charge in [-0.05, 0) is 116 Å². The highest BCUT2D eigenvalue weighted by molar-refractivity contribution is 5.99. The van der Waals surface area contributed by atoms with Crippen LogP contribution in [-0.2, 0) is 0 Å². The Kier molecular flexibility index (Phi) is 9.76. The smallest absolute Gasteiger partial charge is 0.0737 e. The molecule has 0 radical (unpaired) electrons. The Morgan fingerprint density at radius 2 is 0.690 bits per heavy atom. The second-order valence-electron chi connectivity index (χ2n) is 15.5. The fourth-order valence-corrected chi connectivity index (χ4v) is 8.27. The second kappa shape index (κ2) is 15.5. The number of aryl methyl sites for hydroxylation is 3. The Bertz CT molecular complexity index is 2860. The van der Waals surface area contributed by atoms with Gasteiger partial charge in [-0.25, -0.2) is 9.97 Å². The number of aromatic nitrogens is 4. The summed E-state index contributed by atoms with van der Waals surface area (Å²) < 4.78 is 0. The van der Waals surface area contributed by atoms with Gasteiger partial charge in [0.25, 0.3) is 0 Å². The normalized spacial score (nSPS) is 12.0.